The molecule has 2 aliphatic heterocycles. The van der Waals surface area contributed by atoms with Gasteiger partial charge in [-0.15, -0.1) is 0 Å². The maximum absolute atomic E-state index is 12.3. The van der Waals surface area contributed by atoms with Crippen molar-refractivity contribution in [1.29, 1.82) is 0 Å². The molecule has 0 saturated carbocycles. The van der Waals surface area contributed by atoms with Gasteiger partial charge in [0.2, 0.25) is 15.9 Å². The fourth-order valence-corrected chi connectivity index (χ4v) is 4.07. The molecule has 1 amide bonds. The van der Waals surface area contributed by atoms with Crippen molar-refractivity contribution in [3.8, 4) is 0 Å². The van der Waals surface area contributed by atoms with Crippen molar-refractivity contribution in [1.82, 2.24) is 14.5 Å². The predicted molar refractivity (Wildman–Crippen MR) is 77.9 cm³/mol. The van der Waals surface area contributed by atoms with Gasteiger partial charge in [-0.25, -0.2) is 12.7 Å². The lowest BCUT2D eigenvalue weighted by Crippen LogP contribution is -2.51. The highest BCUT2D eigenvalue weighted by Gasteiger charge is 2.33. The van der Waals surface area contributed by atoms with Crippen molar-refractivity contribution in [2.75, 3.05) is 32.4 Å². The van der Waals surface area contributed by atoms with E-state index in [1.807, 2.05) is 4.90 Å². The van der Waals surface area contributed by atoms with Gasteiger partial charge in [0.1, 0.15) is 0 Å². The maximum Gasteiger partial charge on any atom is 0.239 e. The van der Waals surface area contributed by atoms with Crippen LogP contribution in [0.2, 0.25) is 0 Å². The zero-order valence-electron chi connectivity index (χ0n) is 12.3. The van der Waals surface area contributed by atoms with E-state index in [2.05, 4.69) is 5.32 Å². The molecule has 0 aliphatic carbocycles. The number of sulfonamides is 1. The van der Waals surface area contributed by atoms with E-state index in [0.717, 1.165) is 32.2 Å². The number of carbonyl (C=O) groups is 1. The lowest BCUT2D eigenvalue weighted by atomic mass is 10.0. The number of nitrogens with zero attached hydrogens (tertiary/aromatic N) is 2. The summed E-state index contributed by atoms with van der Waals surface area (Å²) >= 11 is 0. The largest absolute Gasteiger partial charge is 0.341 e. The highest BCUT2D eigenvalue weighted by Crippen LogP contribution is 2.20. The zero-order valence-corrected chi connectivity index (χ0v) is 13.2. The molecule has 2 heterocycles. The van der Waals surface area contributed by atoms with Crippen LogP contribution in [0.1, 0.15) is 32.6 Å². The van der Waals surface area contributed by atoms with Gasteiger partial charge in [-0.3, -0.25) is 4.79 Å². The van der Waals surface area contributed by atoms with E-state index >= 15 is 0 Å². The zero-order chi connectivity index (χ0) is 14.8. The van der Waals surface area contributed by atoms with E-state index in [-0.39, 0.29) is 23.7 Å². The van der Waals surface area contributed by atoms with Crippen molar-refractivity contribution in [3.63, 3.8) is 0 Å². The average molecular weight is 303 g/mol. The molecule has 1 unspecified atom stereocenters. The number of hydrogen-bond donors (Lipinski definition) is 1. The first kappa shape index (κ1) is 15.7. The minimum absolute atomic E-state index is 0.0244. The molecular weight excluding hydrogens is 278 g/mol. The van der Waals surface area contributed by atoms with Gasteiger partial charge in [0.15, 0.2) is 0 Å². The van der Waals surface area contributed by atoms with Crippen LogP contribution in [0.5, 0.6) is 0 Å². The molecule has 116 valence electrons. The average Bonchev–Trinajstić information content (AvgIpc) is 3.00. The Balaban J connectivity index is 1.87. The van der Waals surface area contributed by atoms with Crippen LogP contribution in [0.4, 0.5) is 0 Å². The molecule has 1 atom stereocenters. The molecule has 0 radical (unpaired) electrons. The monoisotopic (exact) mass is 303 g/mol. The number of nitrogens with one attached hydrogen (secondary N) is 1. The summed E-state index contributed by atoms with van der Waals surface area (Å²) in [5.41, 5.74) is 0. The van der Waals surface area contributed by atoms with Gasteiger partial charge in [0, 0.05) is 26.2 Å². The number of likely N-dealkylation sites (tertiary alicyclic amines) is 1. The molecular formula is C13H25N3O3S. The van der Waals surface area contributed by atoms with Crippen molar-refractivity contribution in [3.05, 3.63) is 0 Å². The van der Waals surface area contributed by atoms with Crippen LogP contribution in [0.25, 0.3) is 0 Å². The molecule has 1 N–H and O–H groups in total. The first-order chi connectivity index (χ1) is 9.45. The van der Waals surface area contributed by atoms with Crippen LogP contribution in [-0.2, 0) is 14.8 Å². The Hall–Kier alpha value is -0.660. The number of amides is 1. The Labute approximate surface area is 121 Å². The lowest BCUT2D eigenvalue weighted by molar-refractivity contribution is -0.134. The van der Waals surface area contributed by atoms with Gasteiger partial charge in [-0.2, -0.15) is 0 Å². The Kier molecular flexibility index (Phi) is 5.04. The topological polar surface area (TPSA) is 69.7 Å². The molecule has 0 bridgehead atoms. The highest BCUT2D eigenvalue weighted by atomic mass is 32.2. The van der Waals surface area contributed by atoms with E-state index in [4.69, 9.17) is 0 Å². The summed E-state index contributed by atoms with van der Waals surface area (Å²) in [5.74, 6) is 0.316. The van der Waals surface area contributed by atoms with Gasteiger partial charge in [0.25, 0.3) is 0 Å². The van der Waals surface area contributed by atoms with E-state index in [9.17, 15) is 13.2 Å². The molecule has 20 heavy (non-hydrogen) atoms. The van der Waals surface area contributed by atoms with Crippen molar-refractivity contribution < 1.29 is 13.2 Å². The minimum atomic E-state index is -3.13. The fourth-order valence-electron chi connectivity index (χ4n) is 3.00. The Bertz CT molecular complexity index is 438. The smallest absolute Gasteiger partial charge is 0.239 e. The minimum Gasteiger partial charge on any atom is -0.341 e. The quantitative estimate of drug-likeness (QED) is 0.794. The van der Waals surface area contributed by atoms with E-state index in [0.29, 0.717) is 13.1 Å². The van der Waals surface area contributed by atoms with E-state index in [1.165, 1.54) is 4.31 Å². The van der Waals surface area contributed by atoms with Crippen LogP contribution in [0, 0.1) is 0 Å². The Morgan fingerprint density at radius 3 is 2.45 bits per heavy atom. The molecule has 2 saturated heterocycles. The summed E-state index contributed by atoms with van der Waals surface area (Å²) in [6.07, 6.45) is 3.44. The summed E-state index contributed by atoms with van der Waals surface area (Å²) < 4.78 is 25.2. The molecule has 0 spiro atoms. The number of piperidine rings is 1. The van der Waals surface area contributed by atoms with Crippen molar-refractivity contribution in [2.24, 2.45) is 0 Å². The van der Waals surface area contributed by atoms with Crippen LogP contribution in [0.3, 0.4) is 0 Å². The number of rotatable bonds is 4. The van der Waals surface area contributed by atoms with Gasteiger partial charge >= 0.3 is 0 Å². The molecule has 2 rings (SSSR count). The van der Waals surface area contributed by atoms with Gasteiger partial charge < -0.3 is 10.2 Å². The molecule has 0 aromatic rings. The Morgan fingerprint density at radius 2 is 1.95 bits per heavy atom. The fraction of sp³-hybridized carbons (Fsp3) is 0.923. The summed E-state index contributed by atoms with van der Waals surface area (Å²) in [4.78, 5) is 14.1. The normalized spacial score (nSPS) is 25.4. The standard InChI is InChI=1S/C13H25N3O3S/c1-3-20(18,19)15(2)11-6-9-16(10-7-11)13(17)12-5-4-8-14-12/h11-12,14H,3-10H2,1-2H3. The van der Waals surface area contributed by atoms with Crippen LogP contribution >= 0.6 is 0 Å². The Morgan fingerprint density at radius 1 is 1.30 bits per heavy atom. The van der Waals surface area contributed by atoms with E-state index < -0.39 is 10.0 Å². The molecule has 2 fully saturated rings. The third-order valence-corrected chi connectivity index (χ3v) is 6.36. The summed E-state index contributed by atoms with van der Waals surface area (Å²) in [6.45, 7) is 3.90. The lowest BCUT2D eigenvalue weighted by Gasteiger charge is -2.37. The second-order valence-corrected chi connectivity index (χ2v) is 7.94. The van der Waals surface area contributed by atoms with Gasteiger partial charge in [-0.1, -0.05) is 0 Å². The molecule has 7 heteroatoms. The highest BCUT2D eigenvalue weighted by molar-refractivity contribution is 7.89. The summed E-state index contributed by atoms with van der Waals surface area (Å²) in [7, 11) is -1.48. The van der Waals surface area contributed by atoms with Gasteiger partial charge in [0.05, 0.1) is 11.8 Å². The number of hydrogen-bond acceptors (Lipinski definition) is 4. The van der Waals surface area contributed by atoms with E-state index in [1.54, 1.807) is 14.0 Å². The first-order valence-electron chi connectivity index (χ1n) is 7.43. The SMILES string of the molecule is CCS(=O)(=O)N(C)C1CCN(C(=O)C2CCCN2)CC1. The van der Waals surface area contributed by atoms with Crippen LogP contribution in [-0.4, -0.2) is 68.0 Å². The number of carbonyl (C=O) groups excluding carboxylic acids is 1. The van der Waals surface area contributed by atoms with Crippen LogP contribution in [0.15, 0.2) is 0 Å². The first-order valence-corrected chi connectivity index (χ1v) is 9.04. The second kappa shape index (κ2) is 6.41. The molecule has 6 nitrogen and oxygen atoms in total. The molecule has 0 aromatic heterocycles. The molecule has 0 aromatic carbocycles. The summed E-state index contributed by atoms with van der Waals surface area (Å²) in [5, 5.41) is 3.22. The molecule has 2 aliphatic rings. The van der Waals surface area contributed by atoms with Gasteiger partial charge in [-0.05, 0) is 39.2 Å². The van der Waals surface area contributed by atoms with Crippen molar-refractivity contribution >= 4 is 15.9 Å². The predicted octanol–water partition coefficient (Wildman–Crippen LogP) is 0.0109. The summed E-state index contributed by atoms with van der Waals surface area (Å²) in [6, 6.07) is 0.00388. The third-order valence-electron chi connectivity index (χ3n) is 4.45. The third kappa shape index (κ3) is 3.32. The second-order valence-electron chi connectivity index (χ2n) is 5.62. The maximum atomic E-state index is 12.3. The van der Waals surface area contributed by atoms with Crippen molar-refractivity contribution in [2.45, 2.75) is 44.7 Å². The van der Waals surface area contributed by atoms with Crippen LogP contribution < -0.4 is 5.32 Å².